The number of phenols is 1. The van der Waals surface area contributed by atoms with E-state index in [4.69, 9.17) is 9.47 Å². The predicted molar refractivity (Wildman–Crippen MR) is 72.6 cm³/mol. The molecule has 4 heteroatoms. The summed E-state index contributed by atoms with van der Waals surface area (Å²) in [5.41, 5.74) is 0.975. The molecule has 1 unspecified atom stereocenters. The van der Waals surface area contributed by atoms with Gasteiger partial charge in [-0.05, 0) is 19.9 Å². The zero-order chi connectivity index (χ0) is 13.5. The van der Waals surface area contributed by atoms with Gasteiger partial charge in [0.2, 0.25) is 0 Å². The zero-order valence-corrected chi connectivity index (χ0v) is 11.6. The first-order chi connectivity index (χ1) is 9.05. The van der Waals surface area contributed by atoms with E-state index in [0.717, 1.165) is 38.5 Å². The van der Waals surface area contributed by atoms with Crippen LogP contribution in [-0.2, 0) is 4.74 Å². The van der Waals surface area contributed by atoms with E-state index in [1.54, 1.807) is 12.1 Å². The highest BCUT2D eigenvalue weighted by Gasteiger charge is 2.37. The van der Waals surface area contributed by atoms with Gasteiger partial charge < -0.3 is 14.6 Å². The molecule has 3 rings (SSSR count). The molecular formula is C15H21NO3. The molecule has 1 N–H and O–H groups in total. The summed E-state index contributed by atoms with van der Waals surface area (Å²) >= 11 is 0. The lowest BCUT2D eigenvalue weighted by Crippen LogP contribution is -2.45. The number of fused-ring (bicyclic) bond motifs is 1. The number of phenolic OH excluding ortho intramolecular Hbond substituents is 1. The second-order valence-electron chi connectivity index (χ2n) is 5.95. The Kier molecular flexibility index (Phi) is 3.15. The van der Waals surface area contributed by atoms with Gasteiger partial charge in [-0.15, -0.1) is 0 Å². The number of hydrogen-bond donors (Lipinski definition) is 1. The Balaban J connectivity index is 1.95. The molecular weight excluding hydrogens is 242 g/mol. The smallest absolute Gasteiger partial charge is 0.128 e. The van der Waals surface area contributed by atoms with E-state index in [1.807, 2.05) is 6.07 Å². The zero-order valence-electron chi connectivity index (χ0n) is 11.6. The van der Waals surface area contributed by atoms with Crippen LogP contribution in [-0.4, -0.2) is 41.9 Å². The molecule has 1 aromatic rings. The summed E-state index contributed by atoms with van der Waals surface area (Å²) in [5.74, 6) is 1.07. The minimum absolute atomic E-state index is 0.205. The first-order valence-electron chi connectivity index (χ1n) is 6.89. The lowest BCUT2D eigenvalue weighted by molar-refractivity contribution is -0.0205. The van der Waals surface area contributed by atoms with Crippen LogP contribution in [0.3, 0.4) is 0 Å². The molecule has 2 aliphatic heterocycles. The van der Waals surface area contributed by atoms with Gasteiger partial charge >= 0.3 is 0 Å². The van der Waals surface area contributed by atoms with E-state index in [2.05, 4.69) is 18.7 Å². The van der Waals surface area contributed by atoms with Crippen molar-refractivity contribution < 1.29 is 14.6 Å². The summed E-state index contributed by atoms with van der Waals surface area (Å²) in [6.45, 7) is 7.72. The number of rotatable bonds is 1. The summed E-state index contributed by atoms with van der Waals surface area (Å²) < 4.78 is 11.4. The molecule has 1 saturated heterocycles. The van der Waals surface area contributed by atoms with Gasteiger partial charge in [-0.3, -0.25) is 4.90 Å². The Morgan fingerprint density at radius 2 is 2.00 bits per heavy atom. The largest absolute Gasteiger partial charge is 0.508 e. The standard InChI is InChI=1S/C15H21NO3/c1-15(2)10-13(16-5-7-18-8-6-16)12-4-3-11(17)9-14(12)19-15/h3-4,9,13,17H,5-8,10H2,1-2H3. The number of benzene rings is 1. The van der Waals surface area contributed by atoms with Crippen molar-refractivity contribution in [3.63, 3.8) is 0 Å². The normalized spacial score (nSPS) is 26.5. The van der Waals surface area contributed by atoms with Crippen molar-refractivity contribution in [2.75, 3.05) is 26.3 Å². The summed E-state index contributed by atoms with van der Waals surface area (Å²) in [7, 11) is 0. The van der Waals surface area contributed by atoms with Crippen molar-refractivity contribution in [3.05, 3.63) is 23.8 Å². The van der Waals surface area contributed by atoms with Crippen molar-refractivity contribution in [1.29, 1.82) is 0 Å². The number of ether oxygens (including phenoxy) is 2. The van der Waals surface area contributed by atoms with Crippen LogP contribution in [0.4, 0.5) is 0 Å². The molecule has 2 heterocycles. The molecule has 0 radical (unpaired) electrons. The number of morpholine rings is 1. The van der Waals surface area contributed by atoms with Crippen LogP contribution >= 0.6 is 0 Å². The summed E-state index contributed by atoms with van der Waals surface area (Å²) in [6, 6.07) is 5.81. The Hall–Kier alpha value is -1.26. The number of aromatic hydroxyl groups is 1. The van der Waals surface area contributed by atoms with Gasteiger partial charge in [0.25, 0.3) is 0 Å². The van der Waals surface area contributed by atoms with E-state index in [-0.39, 0.29) is 11.4 Å². The Labute approximate surface area is 113 Å². The maximum absolute atomic E-state index is 9.64. The summed E-state index contributed by atoms with van der Waals surface area (Å²) in [5, 5.41) is 9.64. The van der Waals surface area contributed by atoms with E-state index in [9.17, 15) is 5.11 Å². The maximum atomic E-state index is 9.64. The van der Waals surface area contributed by atoms with Gasteiger partial charge in [-0.2, -0.15) is 0 Å². The van der Waals surface area contributed by atoms with Gasteiger partial charge in [0, 0.05) is 37.2 Å². The molecule has 1 atom stereocenters. The van der Waals surface area contributed by atoms with Crippen LogP contribution in [0.5, 0.6) is 11.5 Å². The second kappa shape index (κ2) is 4.69. The average Bonchev–Trinajstić information content (AvgIpc) is 2.37. The third kappa shape index (κ3) is 2.55. The summed E-state index contributed by atoms with van der Waals surface area (Å²) in [4.78, 5) is 2.46. The molecule has 0 aromatic heterocycles. The van der Waals surface area contributed by atoms with Crippen molar-refractivity contribution in [2.45, 2.75) is 31.9 Å². The van der Waals surface area contributed by atoms with Crippen molar-refractivity contribution in [2.24, 2.45) is 0 Å². The van der Waals surface area contributed by atoms with Gasteiger partial charge in [-0.1, -0.05) is 6.07 Å². The van der Waals surface area contributed by atoms with Crippen molar-refractivity contribution in [1.82, 2.24) is 4.90 Å². The van der Waals surface area contributed by atoms with Crippen LogP contribution in [0.15, 0.2) is 18.2 Å². The molecule has 0 saturated carbocycles. The average molecular weight is 263 g/mol. The molecule has 104 valence electrons. The Morgan fingerprint density at radius 1 is 1.26 bits per heavy atom. The third-order valence-corrected chi connectivity index (χ3v) is 3.91. The molecule has 0 bridgehead atoms. The SMILES string of the molecule is CC1(C)CC(N2CCOCC2)c2ccc(O)cc2O1. The third-order valence-electron chi connectivity index (χ3n) is 3.91. The van der Waals surface area contributed by atoms with Crippen LogP contribution in [0.2, 0.25) is 0 Å². The lowest BCUT2D eigenvalue weighted by Gasteiger charge is -2.43. The lowest BCUT2D eigenvalue weighted by atomic mass is 9.88. The van der Waals surface area contributed by atoms with E-state index < -0.39 is 0 Å². The Bertz CT molecular complexity index is 466. The van der Waals surface area contributed by atoms with Gasteiger partial charge in [-0.25, -0.2) is 0 Å². The number of hydrogen-bond acceptors (Lipinski definition) is 4. The fraction of sp³-hybridized carbons (Fsp3) is 0.600. The highest BCUT2D eigenvalue weighted by Crippen LogP contribution is 2.43. The molecule has 0 spiro atoms. The topological polar surface area (TPSA) is 41.9 Å². The molecule has 1 fully saturated rings. The molecule has 0 aliphatic carbocycles. The van der Waals surface area contributed by atoms with Crippen LogP contribution < -0.4 is 4.74 Å². The van der Waals surface area contributed by atoms with Crippen LogP contribution in [0, 0.1) is 0 Å². The molecule has 4 nitrogen and oxygen atoms in total. The minimum atomic E-state index is -0.205. The van der Waals surface area contributed by atoms with E-state index >= 15 is 0 Å². The molecule has 19 heavy (non-hydrogen) atoms. The molecule has 2 aliphatic rings. The first kappa shape index (κ1) is 12.8. The number of nitrogens with zero attached hydrogens (tertiary/aromatic N) is 1. The van der Waals surface area contributed by atoms with Crippen LogP contribution in [0.25, 0.3) is 0 Å². The predicted octanol–water partition coefficient (Wildman–Crippen LogP) is 2.33. The van der Waals surface area contributed by atoms with Gasteiger partial charge in [0.1, 0.15) is 17.1 Å². The highest BCUT2D eigenvalue weighted by atomic mass is 16.5. The summed E-state index contributed by atoms with van der Waals surface area (Å²) in [6.07, 6.45) is 0.963. The minimum Gasteiger partial charge on any atom is -0.508 e. The second-order valence-corrected chi connectivity index (χ2v) is 5.95. The fourth-order valence-electron chi connectivity index (χ4n) is 3.02. The highest BCUT2D eigenvalue weighted by molar-refractivity contribution is 5.44. The fourth-order valence-corrected chi connectivity index (χ4v) is 3.02. The first-order valence-corrected chi connectivity index (χ1v) is 6.89. The van der Waals surface area contributed by atoms with Crippen LogP contribution in [0.1, 0.15) is 31.9 Å². The monoisotopic (exact) mass is 263 g/mol. The quantitative estimate of drug-likeness (QED) is 0.844. The molecule has 0 amide bonds. The van der Waals surface area contributed by atoms with E-state index in [0.29, 0.717) is 6.04 Å². The van der Waals surface area contributed by atoms with E-state index in [1.165, 1.54) is 5.56 Å². The van der Waals surface area contributed by atoms with Crippen molar-refractivity contribution >= 4 is 0 Å². The van der Waals surface area contributed by atoms with Crippen molar-refractivity contribution in [3.8, 4) is 11.5 Å². The maximum Gasteiger partial charge on any atom is 0.128 e. The van der Waals surface area contributed by atoms with Gasteiger partial charge in [0.15, 0.2) is 0 Å². The molecule has 1 aromatic carbocycles. The Morgan fingerprint density at radius 3 is 2.74 bits per heavy atom. The van der Waals surface area contributed by atoms with Gasteiger partial charge in [0.05, 0.1) is 13.2 Å².